The molecular formula is C73H127NO10. The molecular weight excluding hydrogens is 1050 g/mol. The van der Waals surface area contributed by atoms with Crippen molar-refractivity contribution in [1.29, 1.82) is 0 Å². The summed E-state index contributed by atoms with van der Waals surface area (Å²) in [6.45, 7) is 5.73. The zero-order valence-corrected chi connectivity index (χ0v) is 53.7. The molecule has 84 heavy (non-hydrogen) atoms. The molecule has 1 aliphatic heterocycles. The molecule has 0 aliphatic carbocycles. The van der Waals surface area contributed by atoms with Gasteiger partial charge in [0.15, 0.2) is 12.4 Å². The molecule has 1 heterocycles. The van der Waals surface area contributed by atoms with E-state index in [4.69, 9.17) is 14.2 Å². The van der Waals surface area contributed by atoms with E-state index in [0.717, 1.165) is 103 Å². The van der Waals surface area contributed by atoms with Gasteiger partial charge < -0.3 is 45.1 Å². The summed E-state index contributed by atoms with van der Waals surface area (Å²) in [6, 6.07) is -1.05. The predicted octanol–water partition coefficient (Wildman–Crippen LogP) is 17.5. The lowest BCUT2D eigenvalue weighted by atomic mass is 9.99. The fourth-order valence-corrected chi connectivity index (χ4v) is 10.2. The summed E-state index contributed by atoms with van der Waals surface area (Å²) in [5.41, 5.74) is 0. The van der Waals surface area contributed by atoms with Gasteiger partial charge >= 0.3 is 5.97 Å². The minimum Gasteiger partial charge on any atom is -0.454 e. The average Bonchev–Trinajstić information content (AvgIpc) is 3.67. The third-order valence-corrected chi connectivity index (χ3v) is 15.7. The quantitative estimate of drug-likeness (QED) is 0.0195. The minimum absolute atomic E-state index is 0.113. The number of esters is 1. The lowest BCUT2D eigenvalue weighted by molar-refractivity contribution is -0.305. The number of hydrogen-bond donors (Lipinski definition) is 6. The van der Waals surface area contributed by atoms with Gasteiger partial charge in [-0.2, -0.15) is 0 Å². The Morgan fingerprint density at radius 2 is 0.821 bits per heavy atom. The van der Waals surface area contributed by atoms with Crippen LogP contribution in [0.3, 0.4) is 0 Å². The molecule has 8 atom stereocenters. The fraction of sp³-hybridized carbons (Fsp3) is 0.753. The van der Waals surface area contributed by atoms with Crippen LogP contribution in [-0.2, 0) is 23.8 Å². The number of aliphatic hydroxyl groups is 5. The van der Waals surface area contributed by atoms with Crippen LogP contribution >= 0.6 is 0 Å². The van der Waals surface area contributed by atoms with E-state index in [-0.39, 0.29) is 19.4 Å². The largest absolute Gasteiger partial charge is 0.454 e. The molecule has 0 bridgehead atoms. The topological polar surface area (TPSA) is 175 Å². The zero-order valence-electron chi connectivity index (χ0n) is 53.7. The molecule has 1 rings (SSSR count). The molecule has 0 spiro atoms. The van der Waals surface area contributed by atoms with Crippen molar-refractivity contribution in [1.82, 2.24) is 5.32 Å². The number of nitrogens with one attached hydrogen (secondary N) is 1. The summed E-state index contributed by atoms with van der Waals surface area (Å²) in [4.78, 5) is 26.6. The molecule has 11 heteroatoms. The first-order valence-electron chi connectivity index (χ1n) is 34.5. The van der Waals surface area contributed by atoms with Gasteiger partial charge in [0.25, 0.3) is 0 Å². The lowest BCUT2D eigenvalue weighted by Gasteiger charge is -2.41. The maximum atomic E-state index is 13.4. The number of amides is 1. The zero-order chi connectivity index (χ0) is 61.0. The Labute approximate surface area is 514 Å². The molecule has 0 radical (unpaired) electrons. The van der Waals surface area contributed by atoms with Crippen molar-refractivity contribution >= 4 is 11.9 Å². The molecule has 1 fully saturated rings. The maximum Gasteiger partial charge on any atom is 0.306 e. The second-order valence-corrected chi connectivity index (χ2v) is 23.6. The third-order valence-electron chi connectivity index (χ3n) is 15.7. The maximum absolute atomic E-state index is 13.4. The molecule has 1 saturated heterocycles. The van der Waals surface area contributed by atoms with Crippen molar-refractivity contribution in [3.05, 3.63) is 97.2 Å². The highest BCUT2D eigenvalue weighted by atomic mass is 16.7. The average molecular weight is 1180 g/mol. The molecule has 8 unspecified atom stereocenters. The number of hydrogen-bond acceptors (Lipinski definition) is 10. The fourth-order valence-electron chi connectivity index (χ4n) is 10.2. The molecule has 0 aromatic carbocycles. The predicted molar refractivity (Wildman–Crippen MR) is 352 cm³/mol. The second kappa shape index (κ2) is 59.9. The van der Waals surface area contributed by atoms with E-state index in [9.17, 15) is 35.1 Å². The van der Waals surface area contributed by atoms with Crippen LogP contribution < -0.4 is 5.32 Å². The van der Waals surface area contributed by atoms with Crippen LogP contribution in [0.4, 0.5) is 0 Å². The van der Waals surface area contributed by atoms with Crippen LogP contribution in [0.5, 0.6) is 0 Å². The van der Waals surface area contributed by atoms with E-state index in [0.29, 0.717) is 12.8 Å². The van der Waals surface area contributed by atoms with Gasteiger partial charge in [0.2, 0.25) is 5.91 Å². The Balaban J connectivity index is 2.61. The summed E-state index contributed by atoms with van der Waals surface area (Å²) < 4.78 is 17.7. The third kappa shape index (κ3) is 46.8. The van der Waals surface area contributed by atoms with Gasteiger partial charge in [-0.25, -0.2) is 0 Å². The molecule has 0 aromatic heterocycles. The monoisotopic (exact) mass is 1180 g/mol. The Morgan fingerprint density at radius 3 is 1.25 bits per heavy atom. The smallest absolute Gasteiger partial charge is 0.306 e. The summed E-state index contributed by atoms with van der Waals surface area (Å²) in [6.07, 6.45) is 70.1. The molecule has 1 aliphatic rings. The van der Waals surface area contributed by atoms with Gasteiger partial charge in [0, 0.05) is 6.42 Å². The van der Waals surface area contributed by atoms with Gasteiger partial charge in [0.1, 0.15) is 24.4 Å². The van der Waals surface area contributed by atoms with Crippen molar-refractivity contribution in [3.8, 4) is 0 Å². The number of carbonyl (C=O) groups excluding carboxylic acids is 2. The molecule has 6 N–H and O–H groups in total. The van der Waals surface area contributed by atoms with Crippen LogP contribution in [0.25, 0.3) is 0 Å². The van der Waals surface area contributed by atoms with Crippen molar-refractivity contribution < 1.29 is 49.3 Å². The number of ether oxygens (including phenoxy) is 3. The van der Waals surface area contributed by atoms with Crippen LogP contribution in [0.1, 0.15) is 290 Å². The number of rotatable bonds is 58. The molecule has 0 aromatic rings. The standard InChI is InChI=1S/C73H127NO10/c1-4-7-10-13-16-19-22-25-27-29-31-32-33-34-35-36-37-39-41-43-46-49-52-55-58-61-68(78)84-71-70(80)69(79)67(62-75)83-73(71)82-63-64(65(76)59-56-53-50-47-44-24-21-18-15-12-9-6-3)74-72(81)66(77)60-57-54-51-48-45-42-40-38-30-28-26-23-20-17-14-11-8-5-2/h16-17,19-20,25-28,31-32,38,40,45,48,56,59,64-67,69-71,73,75-77,79-80H,4-15,18,21-24,29-30,33-37,39,41-44,46-47,49-55,57-58,60-63H2,1-3H3,(H,74,81)/b19-16-,20-17-,27-25-,28-26-,32-31-,40-38-,48-45-,59-56+. The molecule has 11 nitrogen and oxygen atoms in total. The summed E-state index contributed by atoms with van der Waals surface area (Å²) in [5.74, 6) is -1.23. The second-order valence-electron chi connectivity index (χ2n) is 23.6. The van der Waals surface area contributed by atoms with Gasteiger partial charge in [-0.05, 0) is 109 Å². The molecule has 1 amide bonds. The first kappa shape index (κ1) is 78.6. The van der Waals surface area contributed by atoms with Crippen molar-refractivity contribution in [3.63, 3.8) is 0 Å². The Morgan fingerprint density at radius 1 is 0.464 bits per heavy atom. The van der Waals surface area contributed by atoms with Crippen LogP contribution in [0, 0.1) is 0 Å². The number of carbonyl (C=O) groups is 2. The van der Waals surface area contributed by atoms with Crippen molar-refractivity contribution in [2.45, 2.75) is 339 Å². The van der Waals surface area contributed by atoms with Crippen molar-refractivity contribution in [2.75, 3.05) is 13.2 Å². The minimum atomic E-state index is -1.63. The van der Waals surface area contributed by atoms with Crippen LogP contribution in [0.2, 0.25) is 0 Å². The summed E-state index contributed by atoms with van der Waals surface area (Å²) in [5, 5.41) is 57.1. The van der Waals surface area contributed by atoms with Gasteiger partial charge in [-0.3, -0.25) is 9.59 Å². The first-order valence-corrected chi connectivity index (χ1v) is 34.5. The lowest BCUT2D eigenvalue weighted by Crippen LogP contribution is -2.61. The van der Waals surface area contributed by atoms with E-state index in [1.165, 1.54) is 141 Å². The van der Waals surface area contributed by atoms with Gasteiger partial charge in [-0.15, -0.1) is 0 Å². The number of allylic oxidation sites excluding steroid dienone is 15. The van der Waals surface area contributed by atoms with E-state index in [1.807, 2.05) is 6.08 Å². The molecule has 0 saturated carbocycles. The van der Waals surface area contributed by atoms with E-state index < -0.39 is 67.4 Å². The van der Waals surface area contributed by atoms with E-state index >= 15 is 0 Å². The highest BCUT2D eigenvalue weighted by Crippen LogP contribution is 2.26. The Kier molecular flexibility index (Phi) is 56.0. The molecule has 484 valence electrons. The van der Waals surface area contributed by atoms with Crippen LogP contribution in [0.15, 0.2) is 97.2 Å². The number of unbranched alkanes of at least 4 members (excludes halogenated alkanes) is 30. The highest BCUT2D eigenvalue weighted by Gasteiger charge is 2.47. The van der Waals surface area contributed by atoms with Gasteiger partial charge in [0.05, 0.1) is 25.4 Å². The van der Waals surface area contributed by atoms with E-state index in [1.54, 1.807) is 6.08 Å². The van der Waals surface area contributed by atoms with Gasteiger partial charge in [-0.1, -0.05) is 272 Å². The van der Waals surface area contributed by atoms with Crippen molar-refractivity contribution in [2.24, 2.45) is 0 Å². The Hall–Kier alpha value is -3.42. The summed E-state index contributed by atoms with van der Waals surface area (Å²) in [7, 11) is 0. The number of aliphatic hydroxyl groups excluding tert-OH is 5. The SMILES string of the molecule is CCCCC/C=C\C/C=C\C/C=C\C/C=C\CCCCC(O)C(=O)NC(COC1OC(CO)C(O)C(O)C1OC(=O)CCCCCCCCCCCCCC/C=C\C/C=C\C/C=C\CCCCC)C(O)/C=C/CCCCCCCCCCCC. The normalized spacial score (nSPS) is 19.1. The summed E-state index contributed by atoms with van der Waals surface area (Å²) >= 11 is 0. The Bertz CT molecular complexity index is 1740. The van der Waals surface area contributed by atoms with Crippen LogP contribution in [-0.4, -0.2) is 99.6 Å². The highest BCUT2D eigenvalue weighted by molar-refractivity contribution is 5.80. The van der Waals surface area contributed by atoms with E-state index in [2.05, 4.69) is 111 Å². The first-order chi connectivity index (χ1) is 41.2.